The van der Waals surface area contributed by atoms with E-state index in [9.17, 15) is 33.2 Å². The number of thiol groups is 1. The number of aliphatic carboxylic acids is 1. The summed E-state index contributed by atoms with van der Waals surface area (Å²) in [5.74, 6) is -1.51. The van der Waals surface area contributed by atoms with E-state index in [4.69, 9.17) is 4.74 Å². The van der Waals surface area contributed by atoms with Crippen molar-refractivity contribution in [2.45, 2.75) is 38.8 Å². The van der Waals surface area contributed by atoms with E-state index in [2.05, 4.69) is 0 Å². The van der Waals surface area contributed by atoms with Crippen LogP contribution in [0.25, 0.3) is 10.9 Å². The molecule has 0 spiro atoms. The number of para-hydroxylation sites is 3. The number of ether oxygens (including phenoxy) is 1. The number of nitrogens with zero attached hydrogens (tertiary/aromatic N) is 3. The highest BCUT2D eigenvalue weighted by molar-refractivity contribution is 7.74. The number of nitro benzene ring substituents is 1. The molecule has 2 aromatic carbocycles. The average molecular weight is 490 g/mol. The second-order valence-corrected chi connectivity index (χ2v) is 9.31. The van der Waals surface area contributed by atoms with E-state index in [0.717, 1.165) is 6.07 Å². The fourth-order valence-corrected chi connectivity index (χ4v) is 4.30. The van der Waals surface area contributed by atoms with Gasteiger partial charge in [-0.2, -0.15) is 0 Å². The highest BCUT2D eigenvalue weighted by Crippen LogP contribution is 2.32. The van der Waals surface area contributed by atoms with Gasteiger partial charge in [-0.15, -0.1) is 0 Å². The second kappa shape index (κ2) is 9.51. The maximum atomic E-state index is 12.7. The minimum Gasteiger partial charge on any atom is -0.480 e. The zero-order valence-corrected chi connectivity index (χ0v) is 19.5. The summed E-state index contributed by atoms with van der Waals surface area (Å²) in [7, 11) is -3.57. The molecule has 1 N–H and O–H groups in total. The van der Waals surface area contributed by atoms with Crippen LogP contribution in [0, 0.1) is 10.1 Å². The Hall–Kier alpha value is -3.93. The van der Waals surface area contributed by atoms with Crippen molar-refractivity contribution in [3.63, 3.8) is 0 Å². The van der Waals surface area contributed by atoms with Crippen LogP contribution in [0.3, 0.4) is 0 Å². The number of rotatable bonds is 7. The molecule has 1 heterocycles. The van der Waals surface area contributed by atoms with Gasteiger partial charge in [0.05, 0.1) is 10.4 Å². The van der Waals surface area contributed by atoms with Crippen LogP contribution in [-0.2, 0) is 26.8 Å². The molecule has 0 bridgehead atoms. The number of carbonyl (C=O) groups is 2. The Balaban J connectivity index is 2.12. The first-order chi connectivity index (χ1) is 15.9. The highest BCUT2D eigenvalue weighted by Gasteiger charge is 2.34. The largest absolute Gasteiger partial charge is 0.480 e. The maximum absolute atomic E-state index is 12.7. The summed E-state index contributed by atoms with van der Waals surface area (Å²) in [5.41, 5.74) is -0.902. The van der Waals surface area contributed by atoms with Crippen molar-refractivity contribution >= 4 is 45.2 Å². The Morgan fingerprint density at radius 1 is 1.15 bits per heavy atom. The van der Waals surface area contributed by atoms with Crippen molar-refractivity contribution in [1.29, 1.82) is 0 Å². The zero-order valence-electron chi connectivity index (χ0n) is 18.6. The summed E-state index contributed by atoms with van der Waals surface area (Å²) in [5, 5.41) is 21.9. The number of carbonyl (C=O) groups excluding carboxylic acids is 1. The van der Waals surface area contributed by atoms with Crippen molar-refractivity contribution in [3.8, 4) is 0 Å². The predicted molar refractivity (Wildman–Crippen MR) is 125 cm³/mol. The van der Waals surface area contributed by atoms with Gasteiger partial charge in [0.1, 0.15) is 17.3 Å². The normalized spacial score (nSPS) is 12.5. The third-order valence-corrected chi connectivity index (χ3v) is 5.73. The van der Waals surface area contributed by atoms with E-state index in [1.54, 1.807) is 45.0 Å². The smallest absolute Gasteiger partial charge is 0.419 e. The Labute approximate surface area is 196 Å². The third-order valence-electron chi connectivity index (χ3n) is 4.88. The number of hydrogen-bond donors (Lipinski definition) is 2. The van der Waals surface area contributed by atoms with Crippen molar-refractivity contribution in [2.24, 2.45) is 0 Å². The quantitative estimate of drug-likeness (QED) is 0.291. The number of nitro groups is 1. The van der Waals surface area contributed by atoms with E-state index in [-0.39, 0.29) is 12.1 Å². The lowest BCUT2D eigenvalue weighted by Crippen LogP contribution is -2.42. The van der Waals surface area contributed by atoms with Crippen LogP contribution in [0.4, 0.5) is 16.2 Å². The highest BCUT2D eigenvalue weighted by atomic mass is 32.2. The minimum atomic E-state index is -3.57. The molecule has 11 nitrogen and oxygen atoms in total. The predicted octanol–water partition coefficient (Wildman–Crippen LogP) is 3.36. The number of anilines is 1. The van der Waals surface area contributed by atoms with Crippen LogP contribution in [0.5, 0.6) is 0 Å². The molecule has 0 radical (unpaired) electrons. The molecule has 0 aliphatic rings. The molecule has 0 aliphatic heterocycles. The minimum absolute atomic E-state index is 0.356. The fourth-order valence-electron chi connectivity index (χ4n) is 3.54. The van der Waals surface area contributed by atoms with Crippen LogP contribution in [0.15, 0.2) is 54.7 Å². The summed E-state index contributed by atoms with van der Waals surface area (Å²) < 4.78 is 31.4. The van der Waals surface area contributed by atoms with Gasteiger partial charge in [-0.05, 0) is 38.5 Å². The molecule has 180 valence electrons. The number of aromatic nitrogens is 1. The first-order valence-electron chi connectivity index (χ1n) is 10.1. The SMILES string of the molecule is CC(C)(C)OC(=O)n1cc(C[C@@H](C(=O)O)N(c2ccccc2[N+](=O)[O-])[SH](=O)=O)c2ccccc21. The van der Waals surface area contributed by atoms with E-state index in [0.29, 0.717) is 20.8 Å². The number of fused-ring (bicyclic) bond motifs is 1. The fraction of sp³-hybridized carbons (Fsp3) is 0.273. The van der Waals surface area contributed by atoms with Crippen LogP contribution in [0.1, 0.15) is 26.3 Å². The van der Waals surface area contributed by atoms with Gasteiger partial charge in [-0.25, -0.2) is 18.0 Å². The zero-order chi connectivity index (χ0) is 25.2. The standard InChI is InChI=1S/C22H23N3O8S/c1-22(2,3)33-21(28)23-13-14(15-8-4-5-9-16(15)23)12-19(20(26)27)24(34(31)32)17-10-6-7-11-18(17)25(29)30/h4-11,13,19,34H,12H2,1-3H3,(H,26,27)/t19-/m0/s1. The Morgan fingerprint density at radius 2 is 1.76 bits per heavy atom. The van der Waals surface area contributed by atoms with Gasteiger partial charge in [0.25, 0.3) is 5.69 Å². The van der Waals surface area contributed by atoms with Gasteiger partial charge in [-0.3, -0.25) is 19.0 Å². The number of hydrogen-bond acceptors (Lipinski definition) is 7. The maximum Gasteiger partial charge on any atom is 0.419 e. The average Bonchev–Trinajstić information content (AvgIpc) is 3.11. The summed E-state index contributed by atoms with van der Waals surface area (Å²) in [6, 6.07) is 9.97. The van der Waals surface area contributed by atoms with Crippen molar-refractivity contribution in [1.82, 2.24) is 4.57 Å². The van der Waals surface area contributed by atoms with Crippen LogP contribution in [0.2, 0.25) is 0 Å². The Kier molecular flexibility index (Phi) is 6.91. The Bertz CT molecular complexity index is 1330. The molecule has 12 heteroatoms. The second-order valence-electron chi connectivity index (χ2n) is 8.41. The summed E-state index contributed by atoms with van der Waals surface area (Å²) in [4.78, 5) is 35.6. The van der Waals surface area contributed by atoms with Gasteiger partial charge >= 0.3 is 12.1 Å². The lowest BCUT2D eigenvalue weighted by molar-refractivity contribution is -0.384. The van der Waals surface area contributed by atoms with Gasteiger partial charge in [-0.1, -0.05) is 30.3 Å². The molecule has 1 atom stereocenters. The molecule has 0 aliphatic carbocycles. The number of benzene rings is 2. The third kappa shape index (κ3) is 5.17. The lowest BCUT2D eigenvalue weighted by atomic mass is 10.0. The van der Waals surface area contributed by atoms with Gasteiger partial charge in [0.2, 0.25) is 10.9 Å². The summed E-state index contributed by atoms with van der Waals surface area (Å²) in [6.45, 7) is 5.11. The van der Waals surface area contributed by atoms with Crippen LogP contribution >= 0.6 is 0 Å². The molecule has 0 unspecified atom stereocenters. The first-order valence-corrected chi connectivity index (χ1v) is 11.3. The number of carboxylic acid groups (broad SMARTS) is 1. The van der Waals surface area contributed by atoms with E-state index >= 15 is 0 Å². The molecule has 1 aromatic heterocycles. The molecule has 3 rings (SSSR count). The molecule has 0 fully saturated rings. The van der Waals surface area contributed by atoms with Gasteiger partial charge in [0.15, 0.2) is 0 Å². The van der Waals surface area contributed by atoms with Crippen LogP contribution in [-0.4, -0.2) is 46.7 Å². The summed E-state index contributed by atoms with van der Waals surface area (Å²) in [6.07, 6.45) is 0.345. The molecule has 0 saturated heterocycles. The number of carboxylic acids is 1. The van der Waals surface area contributed by atoms with E-state index in [1.807, 2.05) is 0 Å². The van der Waals surface area contributed by atoms with Gasteiger partial charge in [0, 0.05) is 24.1 Å². The monoisotopic (exact) mass is 489 g/mol. The molecular formula is C22H23N3O8S. The van der Waals surface area contributed by atoms with E-state index in [1.165, 1.54) is 29.0 Å². The summed E-state index contributed by atoms with van der Waals surface area (Å²) >= 11 is 0. The Morgan fingerprint density at radius 3 is 2.35 bits per heavy atom. The van der Waals surface area contributed by atoms with Gasteiger partial charge < -0.3 is 9.84 Å². The molecule has 3 aromatic rings. The molecule has 34 heavy (non-hydrogen) atoms. The topological polar surface area (TPSA) is 149 Å². The molecular weight excluding hydrogens is 466 g/mol. The first kappa shape index (κ1) is 24.7. The molecule has 0 amide bonds. The molecule has 0 saturated carbocycles. The van der Waals surface area contributed by atoms with Crippen molar-refractivity contribution < 1.29 is 32.8 Å². The lowest BCUT2D eigenvalue weighted by Gasteiger charge is -2.24. The van der Waals surface area contributed by atoms with Crippen LogP contribution < -0.4 is 4.31 Å². The van der Waals surface area contributed by atoms with E-state index < -0.39 is 45.2 Å². The van der Waals surface area contributed by atoms with Crippen molar-refractivity contribution in [2.75, 3.05) is 4.31 Å². The van der Waals surface area contributed by atoms with Crippen molar-refractivity contribution in [3.05, 3.63) is 70.4 Å².